The van der Waals surface area contributed by atoms with Crippen molar-refractivity contribution >= 4 is 21.1 Å². The summed E-state index contributed by atoms with van der Waals surface area (Å²) in [6, 6.07) is 11.0. The number of nitrogens with one attached hydrogen (secondary N) is 1. The zero-order valence-corrected chi connectivity index (χ0v) is 13.0. The fourth-order valence-corrected chi connectivity index (χ4v) is 4.09. The summed E-state index contributed by atoms with van der Waals surface area (Å²) in [5.74, 6) is 0.153. The van der Waals surface area contributed by atoms with E-state index < -0.39 is 0 Å². The molecule has 0 saturated heterocycles. The second-order valence-electron chi connectivity index (χ2n) is 4.84. The molecule has 0 aromatic heterocycles. The first-order chi connectivity index (χ1) is 8.76. The van der Waals surface area contributed by atoms with Gasteiger partial charge in [-0.1, -0.05) is 56.5 Å². The van der Waals surface area contributed by atoms with Crippen LogP contribution in [0.25, 0.3) is 0 Å². The molecule has 0 bridgehead atoms. The van der Waals surface area contributed by atoms with E-state index >= 15 is 0 Å². The average molecular weight is 263 g/mol. The number of hydrogen-bond acceptors (Lipinski definition) is 1. The Morgan fingerprint density at radius 2 is 1.89 bits per heavy atom. The molecule has 0 aliphatic rings. The van der Waals surface area contributed by atoms with Crippen molar-refractivity contribution in [1.82, 2.24) is 0 Å². The molecule has 1 aromatic carbocycles. The third-order valence-electron chi connectivity index (χ3n) is 3.48. The zero-order chi connectivity index (χ0) is 13.2. The Kier molecular flexibility index (Phi) is 7.42. The van der Waals surface area contributed by atoms with E-state index in [-0.39, 0.29) is 15.4 Å². The molecule has 0 saturated carbocycles. The molecule has 1 rings (SSSR count). The van der Waals surface area contributed by atoms with Gasteiger partial charge in [0, 0.05) is 21.6 Å². The van der Waals surface area contributed by atoms with Gasteiger partial charge in [-0.25, -0.2) is 0 Å². The number of rotatable bonds is 8. The lowest BCUT2D eigenvalue weighted by molar-refractivity contribution is -0.116. The van der Waals surface area contributed by atoms with Crippen molar-refractivity contribution in [2.75, 3.05) is 5.32 Å². The summed E-state index contributed by atoms with van der Waals surface area (Å²) in [6.07, 6.45) is 4.36. The Balaban J connectivity index is 2.14. The van der Waals surface area contributed by atoms with Gasteiger partial charge in [-0.15, -0.1) is 0 Å². The maximum atomic E-state index is 11.7. The summed E-state index contributed by atoms with van der Waals surface area (Å²) in [4.78, 5) is 11.7. The molecule has 0 aliphatic heterocycles. The highest BCUT2D eigenvalue weighted by Gasteiger charge is 2.05. The number of para-hydroxylation sites is 1. The molecule has 1 amide bonds. The molecule has 1 aromatic rings. The zero-order valence-electron chi connectivity index (χ0n) is 11.6. The van der Waals surface area contributed by atoms with Gasteiger partial charge in [0.05, 0.1) is 0 Å². The molecule has 3 heteroatoms. The number of hydrogen-bond donors (Lipinski definition) is 1. The molecule has 1 N–H and O–H groups in total. The van der Waals surface area contributed by atoms with E-state index in [4.69, 9.17) is 0 Å². The van der Waals surface area contributed by atoms with Gasteiger partial charge in [0.2, 0.25) is 5.91 Å². The van der Waals surface area contributed by atoms with Crippen LogP contribution in [0.3, 0.4) is 0 Å². The summed E-state index contributed by atoms with van der Waals surface area (Å²) in [7, 11) is 0.0318. The van der Waals surface area contributed by atoms with Gasteiger partial charge >= 0.3 is 0 Å². The molecule has 0 fully saturated rings. The van der Waals surface area contributed by atoms with Crippen LogP contribution in [0.1, 0.15) is 39.5 Å². The second kappa shape index (κ2) is 8.92. The van der Waals surface area contributed by atoms with E-state index in [0.717, 1.165) is 17.6 Å². The van der Waals surface area contributed by atoms with Crippen LogP contribution in [0.5, 0.6) is 0 Å². The van der Waals surface area contributed by atoms with Gasteiger partial charge in [0.25, 0.3) is 0 Å². The maximum absolute atomic E-state index is 11.7. The molecular formula is C15H25NOSi. The lowest BCUT2D eigenvalue weighted by Gasteiger charge is -2.10. The summed E-state index contributed by atoms with van der Waals surface area (Å²) < 4.78 is 0. The Morgan fingerprint density at radius 3 is 2.50 bits per heavy atom. The fourth-order valence-electron chi connectivity index (χ4n) is 2.16. The van der Waals surface area contributed by atoms with Crippen molar-refractivity contribution < 1.29 is 4.79 Å². The van der Waals surface area contributed by atoms with Crippen molar-refractivity contribution in [2.45, 2.75) is 51.1 Å². The smallest absolute Gasteiger partial charge is 0.224 e. The highest BCUT2D eigenvalue weighted by Crippen LogP contribution is 2.16. The Morgan fingerprint density at radius 1 is 1.22 bits per heavy atom. The first-order valence-electron chi connectivity index (χ1n) is 7.11. The van der Waals surface area contributed by atoms with Crippen LogP contribution in [-0.2, 0) is 4.79 Å². The van der Waals surface area contributed by atoms with Gasteiger partial charge in [-0.3, -0.25) is 4.79 Å². The van der Waals surface area contributed by atoms with Crippen LogP contribution in [-0.4, -0.2) is 15.4 Å². The second-order valence-corrected chi connectivity index (χ2v) is 7.28. The maximum Gasteiger partial charge on any atom is 0.224 e. The van der Waals surface area contributed by atoms with Crippen molar-refractivity contribution in [1.29, 1.82) is 0 Å². The molecule has 100 valence electrons. The summed E-state index contributed by atoms with van der Waals surface area (Å²) in [5, 5.41) is 2.93. The fraction of sp³-hybridized carbons (Fsp3) is 0.533. The number of benzene rings is 1. The molecule has 0 atom stereocenters. The number of carbonyl (C=O) groups is 1. The van der Waals surface area contributed by atoms with Gasteiger partial charge in [0.1, 0.15) is 0 Å². The molecule has 0 radical (unpaired) electrons. The topological polar surface area (TPSA) is 29.1 Å². The SMILES string of the molecule is CCC(CC)[SiH2]CCCC(=O)Nc1ccccc1. The van der Waals surface area contributed by atoms with Crippen molar-refractivity contribution in [3.8, 4) is 0 Å². The first kappa shape index (κ1) is 15.0. The highest BCUT2D eigenvalue weighted by atomic mass is 28.2. The molecule has 0 aliphatic carbocycles. The Hall–Kier alpha value is -1.09. The van der Waals surface area contributed by atoms with Crippen LogP contribution in [0.4, 0.5) is 5.69 Å². The van der Waals surface area contributed by atoms with Crippen molar-refractivity contribution in [3.63, 3.8) is 0 Å². The number of amides is 1. The average Bonchev–Trinajstić information content (AvgIpc) is 2.40. The monoisotopic (exact) mass is 263 g/mol. The predicted molar refractivity (Wildman–Crippen MR) is 82.0 cm³/mol. The minimum absolute atomic E-state index is 0.0318. The minimum Gasteiger partial charge on any atom is -0.326 e. The third kappa shape index (κ3) is 6.01. The number of anilines is 1. The van der Waals surface area contributed by atoms with E-state index in [1.165, 1.54) is 18.9 Å². The van der Waals surface area contributed by atoms with Crippen LogP contribution >= 0.6 is 0 Å². The molecule has 0 unspecified atom stereocenters. The molecule has 0 spiro atoms. The quantitative estimate of drug-likeness (QED) is 0.563. The van der Waals surface area contributed by atoms with Crippen molar-refractivity contribution in [3.05, 3.63) is 30.3 Å². The first-order valence-corrected chi connectivity index (χ1v) is 8.92. The van der Waals surface area contributed by atoms with Crippen LogP contribution in [0.2, 0.25) is 11.6 Å². The largest absolute Gasteiger partial charge is 0.326 e. The predicted octanol–water partition coefficient (Wildman–Crippen LogP) is 3.60. The van der Waals surface area contributed by atoms with Gasteiger partial charge in [-0.05, 0) is 18.6 Å². The van der Waals surface area contributed by atoms with E-state index in [1.807, 2.05) is 30.3 Å². The Bertz CT molecular complexity index is 336. The number of carbonyl (C=O) groups excluding carboxylic acids is 1. The molecule has 18 heavy (non-hydrogen) atoms. The van der Waals surface area contributed by atoms with E-state index in [1.54, 1.807) is 0 Å². The Labute approximate surface area is 113 Å². The third-order valence-corrected chi connectivity index (χ3v) is 6.36. The normalized spacial score (nSPS) is 11.3. The minimum atomic E-state index is 0.0318. The summed E-state index contributed by atoms with van der Waals surface area (Å²) in [5.41, 5.74) is 1.88. The standard InChI is InChI=1S/C15H25NOSi/c1-3-14(4-2)18-12-8-11-15(17)16-13-9-6-5-7-10-13/h5-7,9-10,14H,3-4,8,11-12,18H2,1-2H3,(H,16,17). The highest BCUT2D eigenvalue weighted by molar-refractivity contribution is 6.37. The van der Waals surface area contributed by atoms with Gasteiger partial charge in [-0.2, -0.15) is 0 Å². The van der Waals surface area contributed by atoms with E-state index in [0.29, 0.717) is 6.42 Å². The van der Waals surface area contributed by atoms with E-state index in [2.05, 4.69) is 19.2 Å². The van der Waals surface area contributed by atoms with Gasteiger partial charge in [0.15, 0.2) is 0 Å². The molecule has 2 nitrogen and oxygen atoms in total. The van der Waals surface area contributed by atoms with E-state index in [9.17, 15) is 4.79 Å². The molecule has 0 heterocycles. The van der Waals surface area contributed by atoms with Crippen LogP contribution in [0.15, 0.2) is 30.3 Å². The lowest BCUT2D eigenvalue weighted by Crippen LogP contribution is -2.11. The lowest BCUT2D eigenvalue weighted by atomic mass is 10.3. The van der Waals surface area contributed by atoms with Crippen molar-refractivity contribution in [2.24, 2.45) is 0 Å². The molecular weight excluding hydrogens is 238 g/mol. The van der Waals surface area contributed by atoms with Crippen LogP contribution < -0.4 is 5.32 Å². The summed E-state index contributed by atoms with van der Waals surface area (Å²) in [6.45, 7) is 4.56. The van der Waals surface area contributed by atoms with Crippen LogP contribution in [0, 0.1) is 0 Å². The van der Waals surface area contributed by atoms with Gasteiger partial charge < -0.3 is 5.32 Å². The summed E-state index contributed by atoms with van der Waals surface area (Å²) >= 11 is 0.